The van der Waals surface area contributed by atoms with E-state index in [0.717, 1.165) is 30.4 Å². The van der Waals surface area contributed by atoms with Crippen molar-refractivity contribution in [3.05, 3.63) is 36.0 Å². The average Bonchev–Trinajstić information content (AvgIpc) is 3.02. The highest BCUT2D eigenvalue weighted by molar-refractivity contribution is 5.99. The molecule has 3 amide bonds. The molecule has 7 nitrogen and oxygen atoms in total. The molecule has 0 bridgehead atoms. The Kier molecular flexibility index (Phi) is 6.80. The number of fused-ring (bicyclic) bond motifs is 1. The van der Waals surface area contributed by atoms with Crippen molar-refractivity contribution in [1.29, 1.82) is 0 Å². The SMILES string of the molecule is CC(CC(=O)NNC(=O)c1cc2ccccc2n1C)CC(=O)N1CC(C)CC(C)C1. The zero-order valence-electron chi connectivity index (χ0n) is 18.3. The van der Waals surface area contributed by atoms with Gasteiger partial charge >= 0.3 is 0 Å². The van der Waals surface area contributed by atoms with Gasteiger partial charge in [0.1, 0.15) is 5.69 Å². The Labute approximate surface area is 177 Å². The van der Waals surface area contributed by atoms with Crippen LogP contribution in [0.2, 0.25) is 0 Å². The summed E-state index contributed by atoms with van der Waals surface area (Å²) in [5.41, 5.74) is 6.37. The maximum atomic E-state index is 12.6. The summed E-state index contributed by atoms with van der Waals surface area (Å²) in [5, 5.41) is 0.963. The van der Waals surface area contributed by atoms with Crippen LogP contribution in [-0.2, 0) is 16.6 Å². The average molecular weight is 413 g/mol. The lowest BCUT2D eigenvalue weighted by Gasteiger charge is -2.35. The zero-order chi connectivity index (χ0) is 21.8. The maximum absolute atomic E-state index is 12.6. The number of aromatic nitrogens is 1. The molecule has 1 aliphatic heterocycles. The minimum atomic E-state index is -0.373. The normalized spacial score (nSPS) is 20.1. The van der Waals surface area contributed by atoms with Crippen molar-refractivity contribution in [3.63, 3.8) is 0 Å². The van der Waals surface area contributed by atoms with Crippen LogP contribution < -0.4 is 10.9 Å². The smallest absolute Gasteiger partial charge is 0.286 e. The monoisotopic (exact) mass is 412 g/mol. The van der Waals surface area contributed by atoms with Crippen molar-refractivity contribution in [1.82, 2.24) is 20.3 Å². The number of aryl methyl sites for hydroxylation is 1. The Morgan fingerprint density at radius 2 is 1.73 bits per heavy atom. The van der Waals surface area contributed by atoms with Crippen molar-refractivity contribution >= 4 is 28.6 Å². The predicted octanol–water partition coefficient (Wildman–Crippen LogP) is 2.86. The second-order valence-electron chi connectivity index (χ2n) is 8.91. The lowest BCUT2D eigenvalue weighted by Crippen LogP contribution is -2.44. The van der Waals surface area contributed by atoms with E-state index in [1.54, 1.807) is 10.6 Å². The van der Waals surface area contributed by atoms with Gasteiger partial charge in [-0.2, -0.15) is 0 Å². The predicted molar refractivity (Wildman–Crippen MR) is 116 cm³/mol. The molecule has 0 spiro atoms. The molecule has 1 aromatic heterocycles. The van der Waals surface area contributed by atoms with Gasteiger partial charge in [0, 0.05) is 43.9 Å². The highest BCUT2D eigenvalue weighted by Gasteiger charge is 2.26. The number of hydrogen-bond donors (Lipinski definition) is 2. The van der Waals surface area contributed by atoms with Crippen LogP contribution in [0.1, 0.15) is 50.5 Å². The number of nitrogens with zero attached hydrogens (tertiary/aromatic N) is 2. The molecule has 1 aliphatic rings. The first-order valence-corrected chi connectivity index (χ1v) is 10.7. The van der Waals surface area contributed by atoms with Gasteiger partial charge in [0.05, 0.1) is 0 Å². The van der Waals surface area contributed by atoms with E-state index in [1.807, 2.05) is 43.1 Å². The Morgan fingerprint density at radius 1 is 1.07 bits per heavy atom. The molecule has 30 heavy (non-hydrogen) atoms. The number of likely N-dealkylation sites (tertiary alicyclic amines) is 1. The number of carbonyl (C=O) groups is 3. The van der Waals surface area contributed by atoms with Crippen LogP contribution >= 0.6 is 0 Å². The molecule has 0 aliphatic carbocycles. The third-order valence-electron chi connectivity index (χ3n) is 5.78. The number of nitrogens with one attached hydrogen (secondary N) is 2. The quantitative estimate of drug-likeness (QED) is 0.741. The first-order chi connectivity index (χ1) is 14.2. The third-order valence-corrected chi connectivity index (χ3v) is 5.78. The molecule has 2 aromatic rings. The van der Waals surface area contributed by atoms with Crippen LogP contribution in [-0.4, -0.2) is 40.3 Å². The molecule has 1 aromatic carbocycles. The minimum Gasteiger partial charge on any atom is -0.342 e. The third kappa shape index (κ3) is 5.20. The number of hydrogen-bond acceptors (Lipinski definition) is 3. The molecule has 2 N–H and O–H groups in total. The number of benzene rings is 1. The van der Waals surface area contributed by atoms with Crippen LogP contribution in [0.4, 0.5) is 0 Å². The van der Waals surface area contributed by atoms with Crippen LogP contribution in [0.15, 0.2) is 30.3 Å². The van der Waals surface area contributed by atoms with E-state index < -0.39 is 0 Å². The number of carbonyl (C=O) groups excluding carboxylic acids is 3. The summed E-state index contributed by atoms with van der Waals surface area (Å²) >= 11 is 0. The van der Waals surface area contributed by atoms with E-state index in [-0.39, 0.29) is 30.1 Å². The molecule has 162 valence electrons. The van der Waals surface area contributed by atoms with Gasteiger partial charge in [-0.3, -0.25) is 25.2 Å². The van der Waals surface area contributed by atoms with Crippen LogP contribution in [0.25, 0.3) is 10.9 Å². The van der Waals surface area contributed by atoms with E-state index in [2.05, 4.69) is 24.7 Å². The van der Waals surface area contributed by atoms with E-state index >= 15 is 0 Å². The Hall–Kier alpha value is -2.83. The summed E-state index contributed by atoms with van der Waals surface area (Å²) in [5.74, 6) is 0.360. The zero-order valence-corrected chi connectivity index (χ0v) is 18.3. The number of hydrazine groups is 1. The molecule has 7 heteroatoms. The van der Waals surface area contributed by atoms with Crippen molar-refractivity contribution < 1.29 is 14.4 Å². The summed E-state index contributed by atoms with van der Waals surface area (Å²) < 4.78 is 1.79. The van der Waals surface area contributed by atoms with Crippen LogP contribution in [0.3, 0.4) is 0 Å². The fraction of sp³-hybridized carbons (Fsp3) is 0.522. The largest absolute Gasteiger partial charge is 0.342 e. The molecule has 3 unspecified atom stereocenters. The summed E-state index contributed by atoms with van der Waals surface area (Å²) in [7, 11) is 1.81. The van der Waals surface area contributed by atoms with Crippen LogP contribution in [0, 0.1) is 17.8 Å². The summed E-state index contributed by atoms with van der Waals surface area (Å²) in [6.45, 7) is 7.82. The van der Waals surface area contributed by atoms with E-state index in [1.165, 1.54) is 0 Å². The minimum absolute atomic E-state index is 0.0976. The van der Waals surface area contributed by atoms with Gasteiger partial charge < -0.3 is 9.47 Å². The topological polar surface area (TPSA) is 83.4 Å². The van der Waals surface area contributed by atoms with E-state index in [0.29, 0.717) is 24.0 Å². The summed E-state index contributed by atoms with van der Waals surface area (Å²) in [6.07, 6.45) is 1.67. The van der Waals surface area contributed by atoms with E-state index in [4.69, 9.17) is 0 Å². The van der Waals surface area contributed by atoms with Gasteiger partial charge in [0.15, 0.2) is 0 Å². The molecular weight excluding hydrogens is 380 g/mol. The molecule has 0 saturated carbocycles. The molecule has 0 radical (unpaired) electrons. The standard InChI is InChI=1S/C23H32N4O3/c1-15(11-22(29)27-13-16(2)9-17(3)14-27)10-21(28)24-25-23(30)20-12-18-7-5-6-8-19(18)26(20)4/h5-8,12,15-17H,9-11,13-14H2,1-4H3,(H,24,28)(H,25,30). The van der Waals surface area contributed by atoms with Crippen molar-refractivity contribution in [2.75, 3.05) is 13.1 Å². The summed E-state index contributed by atoms with van der Waals surface area (Å²) in [6, 6.07) is 9.50. The van der Waals surface area contributed by atoms with Gasteiger partial charge in [0.25, 0.3) is 5.91 Å². The molecule has 3 rings (SSSR count). The maximum Gasteiger partial charge on any atom is 0.286 e. The van der Waals surface area contributed by atoms with Gasteiger partial charge in [0.2, 0.25) is 11.8 Å². The Balaban J connectivity index is 1.47. The second kappa shape index (κ2) is 9.32. The molecule has 3 atom stereocenters. The van der Waals surface area contributed by atoms with Gasteiger partial charge in [-0.05, 0) is 36.3 Å². The van der Waals surface area contributed by atoms with Crippen molar-refractivity contribution in [2.24, 2.45) is 24.8 Å². The van der Waals surface area contributed by atoms with Crippen molar-refractivity contribution in [3.8, 4) is 0 Å². The van der Waals surface area contributed by atoms with Gasteiger partial charge in [-0.15, -0.1) is 0 Å². The number of piperidine rings is 1. The number of rotatable bonds is 5. The lowest BCUT2D eigenvalue weighted by molar-refractivity contribution is -0.135. The Morgan fingerprint density at radius 3 is 2.40 bits per heavy atom. The molecular formula is C23H32N4O3. The first kappa shape index (κ1) is 21.9. The molecule has 1 saturated heterocycles. The van der Waals surface area contributed by atoms with Gasteiger partial charge in [-0.1, -0.05) is 39.0 Å². The second-order valence-corrected chi connectivity index (χ2v) is 8.91. The van der Waals surface area contributed by atoms with Gasteiger partial charge in [-0.25, -0.2) is 0 Å². The van der Waals surface area contributed by atoms with Crippen LogP contribution in [0.5, 0.6) is 0 Å². The number of amides is 3. The molecule has 1 fully saturated rings. The summed E-state index contributed by atoms with van der Waals surface area (Å²) in [4.78, 5) is 39.2. The first-order valence-electron chi connectivity index (χ1n) is 10.7. The molecule has 2 heterocycles. The van der Waals surface area contributed by atoms with Crippen molar-refractivity contribution in [2.45, 2.75) is 40.0 Å². The fourth-order valence-corrected chi connectivity index (χ4v) is 4.43. The lowest BCUT2D eigenvalue weighted by atomic mass is 9.91. The number of para-hydroxylation sites is 1. The highest BCUT2D eigenvalue weighted by atomic mass is 16.2. The highest BCUT2D eigenvalue weighted by Crippen LogP contribution is 2.22. The van der Waals surface area contributed by atoms with E-state index in [9.17, 15) is 14.4 Å². The Bertz CT molecular complexity index is 926. The fourth-order valence-electron chi connectivity index (χ4n) is 4.43.